The van der Waals surface area contributed by atoms with Gasteiger partial charge in [-0.05, 0) is 52.9 Å². The molecule has 37 heavy (non-hydrogen) atoms. The molecule has 3 N–H and O–H groups in total. The number of ether oxygens (including phenoxy) is 1. The molecule has 4 rings (SSSR count). The van der Waals surface area contributed by atoms with E-state index in [1.54, 1.807) is 36.2 Å². The summed E-state index contributed by atoms with van der Waals surface area (Å²) in [5, 5.41) is 3.69. The van der Waals surface area contributed by atoms with Crippen molar-refractivity contribution in [1.82, 2.24) is 0 Å². The SMILES string of the molecule is COc1ccc(Cl)c(S(=O)(=O)Nc2ccccc2SCCc2ccccc2-c2ccc(/C=N\N)cc2)c1. The van der Waals surface area contributed by atoms with Crippen LogP contribution in [0.1, 0.15) is 11.1 Å². The number of nitrogens with two attached hydrogens (primary N) is 1. The predicted octanol–water partition coefficient (Wildman–Crippen LogP) is 6.44. The van der Waals surface area contributed by atoms with Gasteiger partial charge in [0.25, 0.3) is 10.0 Å². The Balaban J connectivity index is 1.49. The van der Waals surface area contributed by atoms with Crippen molar-refractivity contribution < 1.29 is 13.2 Å². The summed E-state index contributed by atoms with van der Waals surface area (Å²) in [7, 11) is -2.44. The van der Waals surface area contributed by atoms with Gasteiger partial charge in [-0.25, -0.2) is 8.42 Å². The van der Waals surface area contributed by atoms with Gasteiger partial charge in [0.2, 0.25) is 0 Å². The van der Waals surface area contributed by atoms with Crippen LogP contribution in [-0.4, -0.2) is 27.5 Å². The van der Waals surface area contributed by atoms with Crippen molar-refractivity contribution in [2.24, 2.45) is 10.9 Å². The minimum atomic E-state index is -3.92. The third-order valence-corrected chi connectivity index (χ3v) is 8.57. The first-order chi connectivity index (χ1) is 17.9. The smallest absolute Gasteiger partial charge is 0.263 e. The normalized spacial score (nSPS) is 11.5. The number of halogens is 1. The molecular weight excluding hydrogens is 526 g/mol. The summed E-state index contributed by atoms with van der Waals surface area (Å²) in [6, 6.07) is 28.2. The van der Waals surface area contributed by atoms with E-state index in [1.807, 2.05) is 36.4 Å². The van der Waals surface area contributed by atoms with Gasteiger partial charge >= 0.3 is 0 Å². The zero-order valence-electron chi connectivity index (χ0n) is 20.1. The molecule has 0 fully saturated rings. The fourth-order valence-corrected chi connectivity index (χ4v) is 6.47. The van der Waals surface area contributed by atoms with Crippen LogP contribution in [-0.2, 0) is 16.4 Å². The molecule has 0 bridgehead atoms. The number of hydrazone groups is 1. The van der Waals surface area contributed by atoms with Crippen molar-refractivity contribution >= 4 is 45.3 Å². The number of para-hydroxylation sites is 1. The van der Waals surface area contributed by atoms with E-state index in [4.69, 9.17) is 22.2 Å². The third-order valence-electron chi connectivity index (χ3n) is 5.65. The molecule has 190 valence electrons. The molecule has 0 saturated heterocycles. The van der Waals surface area contributed by atoms with Gasteiger partial charge in [0.1, 0.15) is 10.6 Å². The Morgan fingerprint density at radius 3 is 2.49 bits per heavy atom. The topological polar surface area (TPSA) is 93.8 Å². The highest BCUT2D eigenvalue weighted by Crippen LogP contribution is 2.33. The molecular formula is C28H26ClN3O3S2. The van der Waals surface area contributed by atoms with Crippen molar-refractivity contribution in [3.8, 4) is 16.9 Å². The maximum atomic E-state index is 13.1. The molecule has 4 aromatic carbocycles. The molecule has 6 nitrogen and oxygen atoms in total. The number of nitrogens with zero attached hydrogens (tertiary/aromatic N) is 1. The van der Waals surface area contributed by atoms with Gasteiger partial charge in [0, 0.05) is 16.7 Å². The molecule has 0 aliphatic carbocycles. The summed E-state index contributed by atoms with van der Waals surface area (Å²) in [6.07, 6.45) is 2.41. The summed E-state index contributed by atoms with van der Waals surface area (Å²) < 4.78 is 34.1. The predicted molar refractivity (Wildman–Crippen MR) is 153 cm³/mol. The first-order valence-corrected chi connectivity index (χ1v) is 14.3. The maximum absolute atomic E-state index is 13.1. The molecule has 0 aliphatic heterocycles. The number of hydrogen-bond acceptors (Lipinski definition) is 6. The summed E-state index contributed by atoms with van der Waals surface area (Å²) in [5.41, 5.74) is 4.90. The van der Waals surface area contributed by atoms with Crippen LogP contribution in [0.4, 0.5) is 5.69 Å². The minimum Gasteiger partial charge on any atom is -0.497 e. The van der Waals surface area contributed by atoms with E-state index in [-0.39, 0.29) is 9.92 Å². The second kappa shape index (κ2) is 12.2. The molecule has 0 aliphatic rings. The number of thioether (sulfide) groups is 1. The van der Waals surface area contributed by atoms with Gasteiger partial charge in [-0.3, -0.25) is 4.72 Å². The molecule has 4 aromatic rings. The van der Waals surface area contributed by atoms with Gasteiger partial charge in [0.15, 0.2) is 0 Å². The van der Waals surface area contributed by atoms with Gasteiger partial charge < -0.3 is 10.6 Å². The van der Waals surface area contributed by atoms with Crippen LogP contribution in [0.3, 0.4) is 0 Å². The fourth-order valence-electron chi connectivity index (χ4n) is 3.82. The van der Waals surface area contributed by atoms with Crippen molar-refractivity contribution in [2.75, 3.05) is 17.6 Å². The van der Waals surface area contributed by atoms with E-state index < -0.39 is 10.0 Å². The van der Waals surface area contributed by atoms with Crippen molar-refractivity contribution in [2.45, 2.75) is 16.2 Å². The van der Waals surface area contributed by atoms with E-state index in [0.29, 0.717) is 11.4 Å². The summed E-state index contributed by atoms with van der Waals surface area (Å²) in [4.78, 5) is 0.791. The second-order valence-electron chi connectivity index (χ2n) is 8.05. The lowest BCUT2D eigenvalue weighted by Gasteiger charge is -2.14. The Hall–Kier alpha value is -3.46. The number of aryl methyl sites for hydroxylation is 1. The van der Waals surface area contributed by atoms with Crippen molar-refractivity contribution in [3.05, 3.63) is 107 Å². The quantitative estimate of drug-likeness (QED) is 0.102. The Kier molecular flexibility index (Phi) is 8.76. The Morgan fingerprint density at radius 1 is 1.00 bits per heavy atom. The van der Waals surface area contributed by atoms with Crippen LogP contribution in [0.15, 0.2) is 106 Å². The Morgan fingerprint density at radius 2 is 1.73 bits per heavy atom. The maximum Gasteiger partial charge on any atom is 0.263 e. The number of methoxy groups -OCH3 is 1. The van der Waals surface area contributed by atoms with Gasteiger partial charge in [-0.1, -0.05) is 72.3 Å². The second-order valence-corrected chi connectivity index (χ2v) is 11.2. The molecule has 0 heterocycles. The number of sulfonamides is 1. The van der Waals surface area contributed by atoms with Crippen LogP contribution in [0.2, 0.25) is 5.02 Å². The van der Waals surface area contributed by atoms with Crippen LogP contribution in [0.5, 0.6) is 5.75 Å². The van der Waals surface area contributed by atoms with E-state index in [2.05, 4.69) is 34.1 Å². The molecule has 0 atom stereocenters. The van der Waals surface area contributed by atoms with E-state index >= 15 is 0 Å². The highest BCUT2D eigenvalue weighted by atomic mass is 35.5. The zero-order valence-corrected chi connectivity index (χ0v) is 22.5. The lowest BCUT2D eigenvalue weighted by molar-refractivity contribution is 0.413. The number of nitrogens with one attached hydrogen (secondary N) is 1. The summed E-state index contributed by atoms with van der Waals surface area (Å²) in [5.74, 6) is 6.42. The zero-order chi connectivity index (χ0) is 26.3. The average molecular weight is 552 g/mol. The van der Waals surface area contributed by atoms with Gasteiger partial charge in [-0.15, -0.1) is 11.8 Å². The van der Waals surface area contributed by atoms with Crippen LogP contribution < -0.4 is 15.3 Å². The largest absolute Gasteiger partial charge is 0.497 e. The molecule has 0 spiro atoms. The molecule has 0 aromatic heterocycles. The number of hydrogen-bond donors (Lipinski definition) is 2. The highest BCUT2D eigenvalue weighted by Gasteiger charge is 2.20. The van der Waals surface area contributed by atoms with Crippen LogP contribution >= 0.6 is 23.4 Å². The highest BCUT2D eigenvalue weighted by molar-refractivity contribution is 7.99. The Bertz CT molecular complexity index is 1510. The van der Waals surface area contributed by atoms with Crippen molar-refractivity contribution in [1.29, 1.82) is 0 Å². The van der Waals surface area contributed by atoms with Gasteiger partial charge in [-0.2, -0.15) is 5.10 Å². The first-order valence-electron chi connectivity index (χ1n) is 11.4. The van der Waals surface area contributed by atoms with Crippen LogP contribution in [0.25, 0.3) is 11.1 Å². The van der Waals surface area contributed by atoms with E-state index in [9.17, 15) is 8.42 Å². The number of benzene rings is 4. The van der Waals surface area contributed by atoms with E-state index in [1.165, 1.54) is 24.8 Å². The lowest BCUT2D eigenvalue weighted by atomic mass is 9.97. The number of anilines is 1. The fraction of sp³-hybridized carbons (Fsp3) is 0.107. The van der Waals surface area contributed by atoms with Crippen molar-refractivity contribution in [3.63, 3.8) is 0 Å². The molecule has 9 heteroatoms. The molecule has 0 unspecified atom stereocenters. The summed E-state index contributed by atoms with van der Waals surface area (Å²) >= 11 is 7.78. The van der Waals surface area contributed by atoms with Crippen LogP contribution in [0, 0.1) is 0 Å². The summed E-state index contributed by atoms with van der Waals surface area (Å²) in [6.45, 7) is 0. The Labute approximate surface area is 226 Å². The molecule has 0 amide bonds. The minimum absolute atomic E-state index is 0.0361. The standard InChI is InChI=1S/C28H26ClN3O3S2/c1-35-23-14-15-25(29)28(18-23)37(33,34)32-26-8-4-5-9-27(26)36-17-16-21-6-2-3-7-24(21)22-12-10-20(11-13-22)19-31-30/h2-15,18-19,32H,16-17,30H2,1H3/b31-19-. The number of rotatable bonds is 10. The average Bonchev–Trinajstić information content (AvgIpc) is 2.91. The van der Waals surface area contributed by atoms with E-state index in [0.717, 1.165) is 33.8 Å². The lowest BCUT2D eigenvalue weighted by Crippen LogP contribution is -2.14. The third kappa shape index (κ3) is 6.65. The first kappa shape index (κ1) is 26.6. The monoisotopic (exact) mass is 551 g/mol. The molecule has 0 saturated carbocycles. The van der Waals surface area contributed by atoms with Gasteiger partial charge in [0.05, 0.1) is 24.0 Å². The molecule has 0 radical (unpaired) electrons.